The van der Waals surface area contributed by atoms with Crippen molar-refractivity contribution in [1.29, 1.82) is 5.26 Å². The molecule has 2 aliphatic rings. The number of anilines is 1. The first-order valence-electron chi connectivity index (χ1n) is 13.5. The Balaban J connectivity index is 1.10. The number of carbonyl (C=O) groups excluding carboxylic acids is 1. The summed E-state index contributed by atoms with van der Waals surface area (Å²) < 4.78 is 13.8. The molecule has 6 rings (SSSR count). The summed E-state index contributed by atoms with van der Waals surface area (Å²) in [6, 6.07) is 13.5. The summed E-state index contributed by atoms with van der Waals surface area (Å²) in [5, 5.41) is 8.89. The van der Waals surface area contributed by atoms with E-state index in [2.05, 4.69) is 29.3 Å². The molecule has 11 heteroatoms. The number of aromatic nitrogens is 5. The predicted molar refractivity (Wildman–Crippen MR) is 147 cm³/mol. The van der Waals surface area contributed by atoms with Gasteiger partial charge in [0.25, 0.3) is 0 Å². The highest BCUT2D eigenvalue weighted by Gasteiger charge is 2.25. The number of nitrogens with zero attached hydrogens (tertiary/aromatic N) is 8. The molecule has 0 aliphatic carbocycles. The van der Waals surface area contributed by atoms with Gasteiger partial charge in [-0.1, -0.05) is 6.07 Å². The lowest BCUT2D eigenvalue weighted by Crippen LogP contribution is -2.46. The molecule has 5 heterocycles. The average Bonchev–Trinajstić information content (AvgIpc) is 3.30. The molecular formula is C29H30N8O3. The zero-order valence-corrected chi connectivity index (χ0v) is 22.4. The zero-order chi connectivity index (χ0) is 27.5. The monoisotopic (exact) mass is 538 g/mol. The van der Waals surface area contributed by atoms with E-state index in [1.165, 1.54) is 12.4 Å². The lowest BCUT2D eigenvalue weighted by Gasteiger charge is -2.35. The van der Waals surface area contributed by atoms with Crippen LogP contribution in [0.1, 0.15) is 40.9 Å². The van der Waals surface area contributed by atoms with Gasteiger partial charge in [-0.05, 0) is 37.6 Å². The highest BCUT2D eigenvalue weighted by atomic mass is 16.5. The Hall–Kier alpha value is -4.40. The van der Waals surface area contributed by atoms with Crippen molar-refractivity contribution in [3.63, 3.8) is 0 Å². The quantitative estimate of drug-likeness (QED) is 0.294. The largest absolute Gasteiger partial charge is 0.469 e. The normalized spacial score (nSPS) is 17.4. The minimum Gasteiger partial charge on any atom is -0.469 e. The van der Waals surface area contributed by atoms with Gasteiger partial charge in [0.15, 0.2) is 11.6 Å². The van der Waals surface area contributed by atoms with Crippen LogP contribution >= 0.6 is 0 Å². The van der Waals surface area contributed by atoms with E-state index in [4.69, 9.17) is 19.7 Å². The number of rotatable bonds is 9. The topological polar surface area (TPSA) is 122 Å². The van der Waals surface area contributed by atoms with E-state index >= 15 is 0 Å². The fourth-order valence-corrected chi connectivity index (χ4v) is 4.97. The molecule has 40 heavy (non-hydrogen) atoms. The Morgan fingerprint density at radius 1 is 1.12 bits per heavy atom. The molecule has 0 amide bonds. The third-order valence-electron chi connectivity index (χ3n) is 7.37. The molecule has 2 fully saturated rings. The number of hydrogen-bond acceptors (Lipinski definition) is 10. The molecule has 0 bridgehead atoms. The van der Waals surface area contributed by atoms with Crippen LogP contribution in [0, 0.1) is 11.3 Å². The molecule has 2 aliphatic heterocycles. The van der Waals surface area contributed by atoms with E-state index in [0.29, 0.717) is 22.8 Å². The molecule has 0 radical (unpaired) electrons. The molecule has 204 valence electrons. The van der Waals surface area contributed by atoms with E-state index in [0.717, 1.165) is 75.0 Å². The number of ketones is 1. The fraction of sp³-hybridized carbons (Fsp3) is 0.379. The van der Waals surface area contributed by atoms with Crippen LogP contribution in [0.25, 0.3) is 11.0 Å². The number of nitriles is 1. The second-order valence-electron chi connectivity index (χ2n) is 10.1. The summed E-state index contributed by atoms with van der Waals surface area (Å²) in [7, 11) is 0. The van der Waals surface area contributed by atoms with Gasteiger partial charge in [-0.3, -0.25) is 9.69 Å². The zero-order valence-electron chi connectivity index (χ0n) is 22.4. The number of carbonyl (C=O) groups is 1. The molecule has 1 aromatic carbocycles. The van der Waals surface area contributed by atoms with Gasteiger partial charge in [0, 0.05) is 56.8 Å². The maximum Gasteiger partial charge on any atom is 0.215 e. The van der Waals surface area contributed by atoms with Gasteiger partial charge in [0.05, 0.1) is 35.8 Å². The molecule has 1 atom stereocenters. The first-order valence-corrected chi connectivity index (χ1v) is 13.5. The van der Waals surface area contributed by atoms with Crippen molar-refractivity contribution in [1.82, 2.24) is 29.4 Å². The standard InChI is InChI=1S/C29H30N8O3/c1-20(38)22-5-6-24-25(13-22)37(17-23-7-12-39-23)28(33-24)18-35-8-10-36(11-9-35)27-3-2-4-29(34-27)40-19-26-31-15-21(14-30)16-32-26/h2-6,13,15-16,23H,7-12,17-19H2,1H3/t23-/m0/s1. The summed E-state index contributed by atoms with van der Waals surface area (Å²) in [4.78, 5) is 34.6. The van der Waals surface area contributed by atoms with Gasteiger partial charge in [0.2, 0.25) is 5.88 Å². The van der Waals surface area contributed by atoms with Crippen LogP contribution in [-0.2, 0) is 24.4 Å². The first kappa shape index (κ1) is 25.9. The fourth-order valence-electron chi connectivity index (χ4n) is 4.97. The number of hydrogen-bond donors (Lipinski definition) is 0. The molecule has 0 saturated carbocycles. The van der Waals surface area contributed by atoms with Crippen LogP contribution in [0.5, 0.6) is 5.88 Å². The van der Waals surface area contributed by atoms with Crippen LogP contribution < -0.4 is 9.64 Å². The highest BCUT2D eigenvalue weighted by molar-refractivity contribution is 5.97. The van der Waals surface area contributed by atoms with Gasteiger partial charge in [-0.25, -0.2) is 15.0 Å². The molecule has 0 N–H and O–H groups in total. The van der Waals surface area contributed by atoms with Gasteiger partial charge < -0.3 is 18.9 Å². The maximum absolute atomic E-state index is 12.0. The van der Waals surface area contributed by atoms with E-state index < -0.39 is 0 Å². The van der Waals surface area contributed by atoms with Crippen molar-refractivity contribution < 1.29 is 14.3 Å². The van der Waals surface area contributed by atoms with Crippen LogP contribution in [0.2, 0.25) is 0 Å². The van der Waals surface area contributed by atoms with Crippen molar-refractivity contribution in [3.8, 4) is 11.9 Å². The third-order valence-corrected chi connectivity index (χ3v) is 7.37. The summed E-state index contributed by atoms with van der Waals surface area (Å²) in [6.45, 7) is 7.45. The molecule has 0 spiro atoms. The molecule has 4 aromatic rings. The smallest absolute Gasteiger partial charge is 0.215 e. The van der Waals surface area contributed by atoms with E-state index in [9.17, 15) is 4.79 Å². The Kier molecular flexibility index (Phi) is 7.35. The summed E-state index contributed by atoms with van der Waals surface area (Å²) in [5.74, 6) is 2.91. The average molecular weight is 539 g/mol. The van der Waals surface area contributed by atoms with Crippen LogP contribution in [0.4, 0.5) is 5.82 Å². The van der Waals surface area contributed by atoms with Crippen molar-refractivity contribution in [2.24, 2.45) is 0 Å². The van der Waals surface area contributed by atoms with Crippen molar-refractivity contribution in [2.75, 3.05) is 37.7 Å². The SMILES string of the molecule is CC(=O)c1ccc2nc(CN3CCN(c4cccc(OCc5ncc(C#N)cn5)n4)CC3)n(C[C@@H]3CCO3)c2c1. The number of imidazole rings is 1. The predicted octanol–water partition coefficient (Wildman–Crippen LogP) is 2.99. The minimum absolute atomic E-state index is 0.0536. The second kappa shape index (κ2) is 11.4. The van der Waals surface area contributed by atoms with Crippen molar-refractivity contribution in [3.05, 3.63) is 71.6 Å². The van der Waals surface area contributed by atoms with Gasteiger partial charge in [-0.15, -0.1) is 0 Å². The summed E-state index contributed by atoms with van der Waals surface area (Å²) in [6.07, 6.45) is 4.20. The third kappa shape index (κ3) is 5.64. The molecule has 11 nitrogen and oxygen atoms in total. The number of Topliss-reactive ketones (excluding diaryl/α,β-unsaturated/α-hetero) is 1. The number of ether oxygens (including phenoxy) is 2. The molecule has 2 saturated heterocycles. The van der Waals surface area contributed by atoms with Gasteiger partial charge >= 0.3 is 0 Å². The molecular weight excluding hydrogens is 508 g/mol. The molecule has 3 aromatic heterocycles. The number of benzene rings is 1. The van der Waals surface area contributed by atoms with Gasteiger partial charge in [-0.2, -0.15) is 10.2 Å². The Labute approximate surface area is 232 Å². The van der Waals surface area contributed by atoms with Gasteiger partial charge in [0.1, 0.15) is 24.3 Å². The molecule has 0 unspecified atom stereocenters. The number of fused-ring (bicyclic) bond motifs is 1. The van der Waals surface area contributed by atoms with Crippen LogP contribution in [-0.4, -0.2) is 74.1 Å². The van der Waals surface area contributed by atoms with Crippen molar-refractivity contribution >= 4 is 22.6 Å². The van der Waals surface area contributed by atoms with Crippen LogP contribution in [0.3, 0.4) is 0 Å². The lowest BCUT2D eigenvalue weighted by molar-refractivity contribution is -0.0592. The maximum atomic E-state index is 12.0. The Morgan fingerprint density at radius 3 is 2.62 bits per heavy atom. The number of pyridine rings is 1. The second-order valence-corrected chi connectivity index (χ2v) is 10.1. The number of piperazine rings is 1. The summed E-state index contributed by atoms with van der Waals surface area (Å²) >= 11 is 0. The van der Waals surface area contributed by atoms with E-state index in [-0.39, 0.29) is 18.5 Å². The van der Waals surface area contributed by atoms with Crippen molar-refractivity contribution in [2.45, 2.75) is 39.1 Å². The Bertz CT molecular complexity index is 1550. The Morgan fingerprint density at radius 2 is 1.93 bits per heavy atom. The van der Waals surface area contributed by atoms with E-state index in [1.807, 2.05) is 42.5 Å². The summed E-state index contributed by atoms with van der Waals surface area (Å²) in [5.41, 5.74) is 3.01. The highest BCUT2D eigenvalue weighted by Crippen LogP contribution is 2.24. The van der Waals surface area contributed by atoms with E-state index in [1.54, 1.807) is 6.92 Å². The lowest BCUT2D eigenvalue weighted by atomic mass is 10.1. The van der Waals surface area contributed by atoms with Crippen LogP contribution in [0.15, 0.2) is 48.8 Å². The minimum atomic E-state index is 0.0536. The first-order chi connectivity index (χ1) is 19.6.